The van der Waals surface area contributed by atoms with Crippen LogP contribution in [0.4, 0.5) is 11.4 Å². The second-order valence-electron chi connectivity index (χ2n) is 7.99. The monoisotopic (exact) mass is 427 g/mol. The molecule has 1 fully saturated rings. The van der Waals surface area contributed by atoms with Crippen molar-refractivity contribution in [3.63, 3.8) is 0 Å². The minimum Gasteiger partial charge on any atom is -0.496 e. The van der Waals surface area contributed by atoms with Crippen LogP contribution in [0, 0.1) is 17.0 Å². The number of nitro groups is 1. The summed E-state index contributed by atoms with van der Waals surface area (Å²) in [5, 5.41) is 17.0. The molecule has 1 heterocycles. The van der Waals surface area contributed by atoms with Crippen LogP contribution >= 0.6 is 0 Å². The van der Waals surface area contributed by atoms with Crippen LogP contribution in [-0.4, -0.2) is 43.7 Å². The first-order chi connectivity index (χ1) is 14.8. The smallest absolute Gasteiger partial charge is 0.269 e. The number of carbonyl (C=O) groups is 1. The van der Waals surface area contributed by atoms with Crippen LogP contribution in [0.1, 0.15) is 30.9 Å². The number of anilines is 1. The molecular weight excluding hydrogens is 398 g/mol. The van der Waals surface area contributed by atoms with E-state index in [1.54, 1.807) is 14.0 Å². The predicted molar refractivity (Wildman–Crippen MR) is 119 cm³/mol. The van der Waals surface area contributed by atoms with Crippen molar-refractivity contribution < 1.29 is 19.2 Å². The van der Waals surface area contributed by atoms with E-state index in [9.17, 15) is 14.9 Å². The molecule has 1 saturated heterocycles. The number of nitrogens with one attached hydrogen (secondary N) is 2. The van der Waals surface area contributed by atoms with Gasteiger partial charge in [-0.15, -0.1) is 0 Å². The number of carbonyl (C=O) groups excluding carboxylic acids is 1. The number of amides is 1. The summed E-state index contributed by atoms with van der Waals surface area (Å²) in [6, 6.07) is 11.5. The third-order valence-corrected chi connectivity index (χ3v) is 5.86. The quantitative estimate of drug-likeness (QED) is 0.493. The van der Waals surface area contributed by atoms with Gasteiger partial charge in [0.2, 0.25) is 5.91 Å². The van der Waals surface area contributed by atoms with E-state index < -0.39 is 11.0 Å². The minimum absolute atomic E-state index is 0.0160. The molecule has 0 radical (unpaired) electrons. The van der Waals surface area contributed by atoms with E-state index in [0.29, 0.717) is 25.4 Å². The molecule has 8 nitrogen and oxygen atoms in total. The van der Waals surface area contributed by atoms with Gasteiger partial charge in [0.25, 0.3) is 5.69 Å². The molecule has 2 aromatic rings. The molecule has 0 aromatic heterocycles. The van der Waals surface area contributed by atoms with Gasteiger partial charge in [-0.05, 0) is 44.9 Å². The molecule has 2 N–H and O–H groups in total. The molecule has 3 rings (SSSR count). The number of nitrogens with zero attached hydrogens (tertiary/aromatic N) is 1. The molecular formula is C23H29N3O5. The molecule has 1 amide bonds. The third kappa shape index (κ3) is 5.39. The zero-order valence-corrected chi connectivity index (χ0v) is 18.1. The highest BCUT2D eigenvalue weighted by Gasteiger charge is 2.37. The second kappa shape index (κ2) is 9.89. The van der Waals surface area contributed by atoms with Crippen molar-refractivity contribution in [3.8, 4) is 5.75 Å². The molecule has 2 aromatic carbocycles. The van der Waals surface area contributed by atoms with Crippen LogP contribution in [0.15, 0.2) is 42.5 Å². The zero-order chi connectivity index (χ0) is 22.4. The lowest BCUT2D eigenvalue weighted by Gasteiger charge is -2.39. The van der Waals surface area contributed by atoms with Crippen molar-refractivity contribution in [2.24, 2.45) is 0 Å². The Balaban J connectivity index is 1.71. The molecule has 166 valence electrons. The van der Waals surface area contributed by atoms with Crippen LogP contribution < -0.4 is 15.4 Å². The van der Waals surface area contributed by atoms with Gasteiger partial charge >= 0.3 is 0 Å². The highest BCUT2D eigenvalue weighted by Crippen LogP contribution is 2.40. The number of hydrogen-bond acceptors (Lipinski definition) is 6. The molecule has 0 saturated carbocycles. The number of ether oxygens (including phenoxy) is 2. The summed E-state index contributed by atoms with van der Waals surface area (Å²) in [6.07, 6.45) is 1.66. The van der Waals surface area contributed by atoms with Crippen LogP contribution in [0.25, 0.3) is 0 Å². The Hall–Kier alpha value is -2.97. The fourth-order valence-corrected chi connectivity index (χ4v) is 3.90. The lowest BCUT2D eigenvalue weighted by atomic mass is 9.73. The topological polar surface area (TPSA) is 103 Å². The zero-order valence-electron chi connectivity index (χ0n) is 18.1. The first kappa shape index (κ1) is 22.7. The number of hydrogen-bond donors (Lipinski definition) is 2. The molecule has 0 bridgehead atoms. The molecule has 0 spiro atoms. The largest absolute Gasteiger partial charge is 0.496 e. The predicted octanol–water partition coefficient (Wildman–Crippen LogP) is 3.58. The van der Waals surface area contributed by atoms with Crippen LogP contribution in [-0.2, 0) is 14.9 Å². The third-order valence-electron chi connectivity index (χ3n) is 5.86. The maximum Gasteiger partial charge on any atom is 0.269 e. The Morgan fingerprint density at radius 1 is 1.23 bits per heavy atom. The van der Waals surface area contributed by atoms with Crippen molar-refractivity contribution in [3.05, 3.63) is 63.7 Å². The lowest BCUT2D eigenvalue weighted by Crippen LogP contribution is -2.48. The maximum atomic E-state index is 12.7. The Bertz CT molecular complexity index is 923. The Kier molecular flexibility index (Phi) is 7.25. The average molecular weight is 428 g/mol. The van der Waals surface area contributed by atoms with E-state index in [-0.39, 0.29) is 17.0 Å². The average Bonchev–Trinajstić information content (AvgIpc) is 2.78. The number of aryl methyl sites for hydroxylation is 1. The van der Waals surface area contributed by atoms with E-state index >= 15 is 0 Å². The van der Waals surface area contributed by atoms with Gasteiger partial charge in [0.05, 0.1) is 18.1 Å². The number of rotatable bonds is 8. The van der Waals surface area contributed by atoms with Crippen molar-refractivity contribution >= 4 is 17.3 Å². The fraction of sp³-hybridized carbons (Fsp3) is 0.435. The van der Waals surface area contributed by atoms with Crippen molar-refractivity contribution in [1.29, 1.82) is 0 Å². The van der Waals surface area contributed by atoms with E-state index in [2.05, 4.69) is 23.6 Å². The standard InChI is InChI=1S/C23H29N3O5/c1-16-4-9-21(30-3)20(14-16)23(10-12-31-13-11-23)15-24-17(2)22(27)25-18-5-7-19(8-6-18)26(28)29/h4-9,14,17,24H,10-13,15H2,1-3H3,(H,25,27). The number of benzene rings is 2. The van der Waals surface area contributed by atoms with Gasteiger partial charge in [-0.3, -0.25) is 14.9 Å². The minimum atomic E-state index is -0.470. The van der Waals surface area contributed by atoms with Crippen LogP contribution in [0.2, 0.25) is 0 Å². The molecule has 8 heteroatoms. The first-order valence-electron chi connectivity index (χ1n) is 10.4. The van der Waals surface area contributed by atoms with Gasteiger partial charge in [-0.1, -0.05) is 17.7 Å². The second-order valence-corrected chi connectivity index (χ2v) is 7.99. The summed E-state index contributed by atoms with van der Waals surface area (Å²) in [5.41, 5.74) is 2.60. The SMILES string of the molecule is COc1ccc(C)cc1C1(CNC(C)C(=O)Nc2ccc([N+](=O)[O-])cc2)CCOCC1. The van der Waals surface area contributed by atoms with Crippen molar-refractivity contribution in [2.75, 3.05) is 32.2 Å². The summed E-state index contributed by atoms with van der Waals surface area (Å²) in [5.74, 6) is 0.643. The van der Waals surface area contributed by atoms with Crippen LogP contribution in [0.3, 0.4) is 0 Å². The highest BCUT2D eigenvalue weighted by atomic mass is 16.6. The van der Waals surface area contributed by atoms with Crippen LogP contribution in [0.5, 0.6) is 5.75 Å². The molecule has 1 aliphatic rings. The Labute approximate surface area is 182 Å². The van der Waals surface area contributed by atoms with E-state index in [4.69, 9.17) is 9.47 Å². The Morgan fingerprint density at radius 2 is 1.90 bits per heavy atom. The molecule has 1 atom stereocenters. The summed E-state index contributed by atoms with van der Waals surface area (Å²) in [7, 11) is 1.68. The summed E-state index contributed by atoms with van der Waals surface area (Å²) in [6.45, 7) is 5.78. The van der Waals surface area contributed by atoms with E-state index in [0.717, 1.165) is 29.7 Å². The van der Waals surface area contributed by atoms with Crippen molar-refractivity contribution in [1.82, 2.24) is 5.32 Å². The maximum absolute atomic E-state index is 12.7. The van der Waals surface area contributed by atoms with Gasteiger partial charge in [0.15, 0.2) is 0 Å². The van der Waals surface area contributed by atoms with Gasteiger partial charge in [-0.2, -0.15) is 0 Å². The van der Waals surface area contributed by atoms with Crippen molar-refractivity contribution in [2.45, 2.75) is 38.1 Å². The fourth-order valence-electron chi connectivity index (χ4n) is 3.90. The number of methoxy groups -OCH3 is 1. The first-order valence-corrected chi connectivity index (χ1v) is 10.4. The highest BCUT2D eigenvalue weighted by molar-refractivity contribution is 5.94. The summed E-state index contributed by atoms with van der Waals surface area (Å²) >= 11 is 0. The summed E-state index contributed by atoms with van der Waals surface area (Å²) < 4.78 is 11.3. The van der Waals surface area contributed by atoms with Gasteiger partial charge in [0.1, 0.15) is 5.75 Å². The van der Waals surface area contributed by atoms with E-state index in [1.807, 2.05) is 12.1 Å². The lowest BCUT2D eigenvalue weighted by molar-refractivity contribution is -0.384. The molecule has 1 aliphatic heterocycles. The Morgan fingerprint density at radius 3 is 2.52 bits per heavy atom. The number of non-ortho nitro benzene ring substituents is 1. The normalized spacial score (nSPS) is 16.4. The van der Waals surface area contributed by atoms with Gasteiger partial charge in [-0.25, -0.2) is 0 Å². The molecule has 0 aliphatic carbocycles. The van der Waals surface area contributed by atoms with Gasteiger partial charge < -0.3 is 20.1 Å². The molecule has 31 heavy (non-hydrogen) atoms. The van der Waals surface area contributed by atoms with Gasteiger partial charge in [0, 0.05) is 48.6 Å². The molecule has 1 unspecified atom stereocenters. The summed E-state index contributed by atoms with van der Waals surface area (Å²) in [4.78, 5) is 23.0. The van der Waals surface area contributed by atoms with E-state index in [1.165, 1.54) is 24.3 Å². The number of nitro benzene ring substituents is 1.